The summed E-state index contributed by atoms with van der Waals surface area (Å²) in [5.74, 6) is -1.96. The maximum absolute atomic E-state index is 13.7. The number of aryl methyl sites for hydroxylation is 1. The van der Waals surface area contributed by atoms with Crippen LogP contribution in [0.4, 0.5) is 8.78 Å². The number of carbonyl (C=O) groups excluding carboxylic acids is 1. The van der Waals surface area contributed by atoms with Crippen LogP contribution in [0.15, 0.2) is 36.4 Å². The fourth-order valence-corrected chi connectivity index (χ4v) is 3.44. The summed E-state index contributed by atoms with van der Waals surface area (Å²) in [7, 11) is 0. The molecule has 1 amide bonds. The van der Waals surface area contributed by atoms with E-state index in [-0.39, 0.29) is 5.91 Å². The number of carbonyl (C=O) groups is 1. The Labute approximate surface area is 141 Å². The first-order valence-corrected chi connectivity index (χ1v) is 7.99. The minimum Gasteiger partial charge on any atom is -0.351 e. The largest absolute Gasteiger partial charge is 0.351 e. The Morgan fingerprint density at radius 1 is 1.08 bits per heavy atom. The molecule has 4 rings (SSSR count). The van der Waals surface area contributed by atoms with E-state index in [1.807, 2.05) is 4.57 Å². The van der Waals surface area contributed by atoms with E-state index in [2.05, 4.69) is 5.32 Å². The fraction of sp³-hybridized carbons (Fsp3) is 0.167. The lowest BCUT2D eigenvalue weighted by Gasteiger charge is -2.11. The van der Waals surface area contributed by atoms with Crippen molar-refractivity contribution in [3.8, 4) is 11.1 Å². The van der Waals surface area contributed by atoms with Gasteiger partial charge in [0.25, 0.3) is 5.91 Å². The van der Waals surface area contributed by atoms with Crippen molar-refractivity contribution in [1.82, 2.24) is 9.88 Å². The van der Waals surface area contributed by atoms with Gasteiger partial charge in [-0.25, -0.2) is 8.78 Å². The highest BCUT2D eigenvalue weighted by atomic mass is 35.5. The second kappa shape index (κ2) is 5.60. The zero-order chi connectivity index (χ0) is 16.8. The van der Waals surface area contributed by atoms with Crippen molar-refractivity contribution < 1.29 is 13.6 Å². The lowest BCUT2D eigenvalue weighted by molar-refractivity contribution is 0.0951. The molecule has 6 heteroatoms. The van der Waals surface area contributed by atoms with E-state index in [4.69, 9.17) is 11.6 Å². The monoisotopic (exact) mass is 346 g/mol. The van der Waals surface area contributed by atoms with Gasteiger partial charge >= 0.3 is 0 Å². The van der Waals surface area contributed by atoms with Crippen molar-refractivity contribution >= 4 is 28.4 Å². The predicted octanol–water partition coefficient (Wildman–Crippen LogP) is 4.37. The molecule has 0 saturated carbocycles. The molecule has 24 heavy (non-hydrogen) atoms. The number of fused-ring (bicyclic) bond motifs is 3. The first-order chi connectivity index (χ1) is 11.5. The number of aromatic nitrogens is 1. The van der Waals surface area contributed by atoms with E-state index in [0.29, 0.717) is 34.9 Å². The quantitative estimate of drug-likeness (QED) is 0.697. The van der Waals surface area contributed by atoms with Crippen LogP contribution in [-0.2, 0) is 6.54 Å². The van der Waals surface area contributed by atoms with Gasteiger partial charge in [0.15, 0.2) is 11.6 Å². The Morgan fingerprint density at radius 3 is 2.71 bits per heavy atom. The van der Waals surface area contributed by atoms with Crippen LogP contribution in [0, 0.1) is 11.6 Å². The highest BCUT2D eigenvalue weighted by Crippen LogP contribution is 2.35. The fourth-order valence-electron chi connectivity index (χ4n) is 3.21. The molecule has 1 aliphatic rings. The molecule has 2 aromatic carbocycles. The van der Waals surface area contributed by atoms with E-state index in [9.17, 15) is 13.6 Å². The molecule has 1 aliphatic heterocycles. The van der Waals surface area contributed by atoms with Gasteiger partial charge in [-0.2, -0.15) is 0 Å². The van der Waals surface area contributed by atoms with Crippen molar-refractivity contribution in [2.75, 3.05) is 6.54 Å². The van der Waals surface area contributed by atoms with E-state index >= 15 is 0 Å². The summed E-state index contributed by atoms with van der Waals surface area (Å²) in [6.07, 6.45) is 0.794. The first kappa shape index (κ1) is 15.1. The lowest BCUT2D eigenvalue weighted by atomic mass is 10.0. The van der Waals surface area contributed by atoms with Crippen LogP contribution >= 0.6 is 11.6 Å². The molecule has 122 valence electrons. The smallest absolute Gasteiger partial charge is 0.267 e. The Hall–Kier alpha value is -2.40. The number of halogens is 3. The van der Waals surface area contributed by atoms with Crippen LogP contribution in [0.5, 0.6) is 0 Å². The molecule has 0 atom stereocenters. The highest BCUT2D eigenvalue weighted by Gasteiger charge is 2.21. The molecule has 2 heterocycles. The number of nitrogens with one attached hydrogen (secondary N) is 1. The van der Waals surface area contributed by atoms with E-state index < -0.39 is 11.6 Å². The third-order valence-electron chi connectivity index (χ3n) is 4.26. The molecule has 1 aromatic heterocycles. The highest BCUT2D eigenvalue weighted by molar-refractivity contribution is 6.32. The second-order valence-electron chi connectivity index (χ2n) is 5.81. The minimum absolute atomic E-state index is 0.143. The van der Waals surface area contributed by atoms with Crippen LogP contribution in [0.1, 0.15) is 16.9 Å². The number of hydrogen-bond acceptors (Lipinski definition) is 1. The molecule has 1 N–H and O–H groups in total. The van der Waals surface area contributed by atoms with E-state index in [1.165, 1.54) is 6.07 Å². The maximum Gasteiger partial charge on any atom is 0.267 e. The standard InChI is InChI=1S/C18H13ClF2N2O/c19-12-6-11-8-16-18(24)22-4-1-5-23(16)17(11)13(9-12)10-2-3-14(20)15(21)7-10/h2-3,6-9H,1,4-5H2,(H,22,24). The lowest BCUT2D eigenvalue weighted by Crippen LogP contribution is -2.22. The molecule has 0 fully saturated rings. The number of hydrogen-bond donors (Lipinski definition) is 1. The van der Waals surface area contributed by atoms with E-state index in [0.717, 1.165) is 29.5 Å². The molecule has 0 radical (unpaired) electrons. The molecule has 3 nitrogen and oxygen atoms in total. The van der Waals surface area contributed by atoms with Gasteiger partial charge in [-0.15, -0.1) is 0 Å². The van der Waals surface area contributed by atoms with E-state index in [1.54, 1.807) is 18.2 Å². The van der Waals surface area contributed by atoms with Crippen molar-refractivity contribution in [3.05, 3.63) is 58.7 Å². The summed E-state index contributed by atoms with van der Waals surface area (Å²) in [4.78, 5) is 12.2. The van der Waals surface area contributed by atoms with Gasteiger partial charge in [-0.05, 0) is 42.3 Å². The van der Waals surface area contributed by atoms with Crippen LogP contribution in [-0.4, -0.2) is 17.0 Å². The van der Waals surface area contributed by atoms with Gasteiger partial charge in [0.05, 0.1) is 5.52 Å². The number of rotatable bonds is 1. The number of benzene rings is 2. The molecule has 0 saturated heterocycles. The molecule has 0 unspecified atom stereocenters. The topological polar surface area (TPSA) is 34.0 Å². The van der Waals surface area contributed by atoms with Crippen LogP contribution < -0.4 is 5.32 Å². The maximum atomic E-state index is 13.7. The minimum atomic E-state index is -0.916. The molecular weight excluding hydrogens is 334 g/mol. The summed E-state index contributed by atoms with van der Waals surface area (Å²) >= 11 is 6.20. The van der Waals surface area contributed by atoms with Gasteiger partial charge in [0, 0.05) is 29.1 Å². The molecule has 0 spiro atoms. The van der Waals surface area contributed by atoms with Crippen LogP contribution in [0.25, 0.3) is 22.0 Å². The number of nitrogens with zero attached hydrogens (tertiary/aromatic N) is 1. The van der Waals surface area contributed by atoms with Crippen LogP contribution in [0.3, 0.4) is 0 Å². The number of amides is 1. The average molecular weight is 347 g/mol. The summed E-state index contributed by atoms with van der Waals surface area (Å²) in [6, 6.07) is 9.03. The summed E-state index contributed by atoms with van der Waals surface area (Å²) < 4.78 is 28.9. The first-order valence-electron chi connectivity index (χ1n) is 7.61. The Morgan fingerprint density at radius 2 is 1.92 bits per heavy atom. The van der Waals surface area contributed by atoms with Gasteiger partial charge in [-0.1, -0.05) is 17.7 Å². The van der Waals surface area contributed by atoms with Gasteiger partial charge in [0.1, 0.15) is 5.69 Å². The SMILES string of the molecule is O=C1NCCCn2c1cc1cc(Cl)cc(-c3ccc(F)c(F)c3)c12. The van der Waals surface area contributed by atoms with Crippen molar-refractivity contribution in [1.29, 1.82) is 0 Å². The third-order valence-corrected chi connectivity index (χ3v) is 4.48. The van der Waals surface area contributed by atoms with Crippen molar-refractivity contribution in [2.24, 2.45) is 0 Å². The second-order valence-corrected chi connectivity index (χ2v) is 6.25. The summed E-state index contributed by atoms with van der Waals surface area (Å²) in [6.45, 7) is 1.27. The Bertz CT molecular complexity index is 981. The third kappa shape index (κ3) is 2.36. The Kier molecular flexibility index (Phi) is 3.53. The zero-order valence-corrected chi connectivity index (χ0v) is 13.3. The van der Waals surface area contributed by atoms with Gasteiger partial charge in [0.2, 0.25) is 0 Å². The molecule has 3 aromatic rings. The van der Waals surface area contributed by atoms with Crippen LogP contribution in [0.2, 0.25) is 5.02 Å². The predicted molar refractivity (Wildman–Crippen MR) is 89.3 cm³/mol. The van der Waals surface area contributed by atoms with Gasteiger partial charge < -0.3 is 9.88 Å². The molecule has 0 bridgehead atoms. The summed E-state index contributed by atoms with van der Waals surface area (Å²) in [5.41, 5.74) is 2.55. The molecular formula is C18H13ClF2N2O. The van der Waals surface area contributed by atoms with Crippen molar-refractivity contribution in [2.45, 2.75) is 13.0 Å². The zero-order valence-electron chi connectivity index (χ0n) is 12.6. The Balaban J connectivity index is 2.04. The average Bonchev–Trinajstić information content (AvgIpc) is 2.82. The summed E-state index contributed by atoms with van der Waals surface area (Å²) in [5, 5.41) is 4.13. The van der Waals surface area contributed by atoms with Gasteiger partial charge in [-0.3, -0.25) is 4.79 Å². The molecule has 0 aliphatic carbocycles. The normalized spacial score (nSPS) is 14.4. The van der Waals surface area contributed by atoms with Crippen molar-refractivity contribution in [3.63, 3.8) is 0 Å².